The number of aromatic carboxylic acids is 1. The molecule has 2 N–H and O–H groups in total. The summed E-state index contributed by atoms with van der Waals surface area (Å²) in [6.45, 7) is 0. The first-order chi connectivity index (χ1) is 12.4. The van der Waals surface area contributed by atoms with Crippen LogP contribution in [0.3, 0.4) is 0 Å². The first kappa shape index (κ1) is 18.6. The van der Waals surface area contributed by atoms with Crippen LogP contribution in [-0.2, 0) is 0 Å². The zero-order chi connectivity index (χ0) is 18.7. The molecule has 0 saturated heterocycles. The zero-order valence-electron chi connectivity index (χ0n) is 13.0. The minimum atomic E-state index is -1.22. The van der Waals surface area contributed by atoms with Crippen LogP contribution in [0.4, 0.5) is 5.69 Å². The molecule has 2 aromatic carbocycles. The summed E-state index contributed by atoms with van der Waals surface area (Å²) >= 11 is 10.7. The molecule has 1 aromatic heterocycles. The lowest BCUT2D eigenvalue weighted by atomic mass is 10.2. The maximum Gasteiger partial charge on any atom is 0.339 e. The number of nitrogens with zero attached hydrogens (tertiary/aromatic N) is 1. The van der Waals surface area contributed by atoms with Crippen LogP contribution < -0.4 is 0 Å². The highest BCUT2D eigenvalue weighted by Gasteiger charge is 2.11. The number of carboxylic acid groups (broad SMARTS) is 1. The van der Waals surface area contributed by atoms with Crippen molar-refractivity contribution in [1.82, 2.24) is 0 Å². The number of rotatable bonds is 5. The summed E-state index contributed by atoms with van der Waals surface area (Å²) in [7, 11) is 0. The molecule has 0 spiro atoms. The highest BCUT2D eigenvalue weighted by molar-refractivity contribution is 9.10. The van der Waals surface area contributed by atoms with Crippen LogP contribution in [-0.4, -0.2) is 22.4 Å². The summed E-state index contributed by atoms with van der Waals surface area (Å²) in [6, 6.07) is 13.2. The maximum absolute atomic E-state index is 11.0. The minimum Gasteiger partial charge on any atom is -0.507 e. The normalized spacial score (nSPS) is 11.2. The van der Waals surface area contributed by atoms with Gasteiger partial charge in [0.05, 0.1) is 16.4 Å². The summed E-state index contributed by atoms with van der Waals surface area (Å²) in [6.07, 6.45) is 1.48. The van der Waals surface area contributed by atoms with E-state index in [4.69, 9.17) is 21.1 Å². The largest absolute Gasteiger partial charge is 0.507 e. The van der Waals surface area contributed by atoms with E-state index in [1.54, 1.807) is 18.2 Å². The third-order valence-electron chi connectivity index (χ3n) is 3.25. The highest BCUT2D eigenvalue weighted by atomic mass is 79.9. The lowest BCUT2D eigenvalue weighted by Gasteiger charge is -2.00. The Kier molecular flexibility index (Phi) is 5.70. The lowest BCUT2D eigenvalue weighted by molar-refractivity contribution is 0.0694. The third kappa shape index (κ3) is 4.49. The van der Waals surface area contributed by atoms with E-state index in [0.717, 1.165) is 9.37 Å². The lowest BCUT2D eigenvalue weighted by Crippen LogP contribution is -1.95. The predicted molar refractivity (Wildman–Crippen MR) is 104 cm³/mol. The summed E-state index contributed by atoms with van der Waals surface area (Å²) in [5.74, 6) is -1.03. The van der Waals surface area contributed by atoms with E-state index in [0.29, 0.717) is 21.6 Å². The molecule has 0 unspecified atom stereocenters. The number of carboxylic acids is 1. The Morgan fingerprint density at radius 3 is 2.62 bits per heavy atom. The van der Waals surface area contributed by atoms with E-state index in [1.165, 1.54) is 36.2 Å². The van der Waals surface area contributed by atoms with E-state index in [2.05, 4.69) is 20.9 Å². The van der Waals surface area contributed by atoms with Gasteiger partial charge in [0.1, 0.15) is 17.1 Å². The van der Waals surface area contributed by atoms with Gasteiger partial charge in [-0.15, -0.1) is 0 Å². The Labute approximate surface area is 166 Å². The van der Waals surface area contributed by atoms with Gasteiger partial charge in [-0.05, 0) is 58.4 Å². The molecule has 3 aromatic rings. The fraction of sp³-hybridized carbons (Fsp3) is 0. The summed E-state index contributed by atoms with van der Waals surface area (Å²) in [5.41, 5.74) is 0.180. The summed E-state index contributed by atoms with van der Waals surface area (Å²) < 4.78 is 6.51. The van der Waals surface area contributed by atoms with E-state index < -0.39 is 5.97 Å². The third-order valence-corrected chi connectivity index (χ3v) is 5.35. The molecular formula is C18H11BrClNO4S. The van der Waals surface area contributed by atoms with E-state index in [1.807, 2.05) is 12.1 Å². The van der Waals surface area contributed by atoms with Gasteiger partial charge >= 0.3 is 5.97 Å². The number of benzene rings is 2. The minimum absolute atomic E-state index is 0.209. The molecule has 0 saturated carbocycles. The molecule has 0 radical (unpaired) electrons. The average molecular weight is 453 g/mol. The summed E-state index contributed by atoms with van der Waals surface area (Å²) in [5, 5.41) is 19.9. The quantitative estimate of drug-likeness (QED) is 0.464. The van der Waals surface area contributed by atoms with Gasteiger partial charge in [-0.3, -0.25) is 4.99 Å². The molecule has 8 heteroatoms. The van der Waals surface area contributed by atoms with Crippen LogP contribution in [0.25, 0.3) is 0 Å². The summed E-state index contributed by atoms with van der Waals surface area (Å²) in [4.78, 5) is 16.2. The standard InChI is InChI=1S/C18H11BrClNO4S/c19-15-8-12(25-18(15)26-13-4-1-10(20)2-5-13)9-21-11-3-6-16(22)14(7-11)17(23)24/h1-9,22H,(H,23,24). The van der Waals surface area contributed by atoms with Gasteiger partial charge in [0.25, 0.3) is 0 Å². The van der Waals surface area contributed by atoms with Gasteiger partial charge in [0.15, 0.2) is 5.09 Å². The number of aliphatic imine (C=N–C) groups is 1. The van der Waals surface area contributed by atoms with Crippen molar-refractivity contribution in [3.8, 4) is 5.75 Å². The number of furan rings is 1. The molecule has 0 aliphatic heterocycles. The molecule has 0 amide bonds. The number of hydrogen-bond acceptors (Lipinski definition) is 5. The Balaban J connectivity index is 1.78. The molecule has 0 bridgehead atoms. The van der Waals surface area contributed by atoms with Gasteiger partial charge < -0.3 is 14.6 Å². The fourth-order valence-corrected chi connectivity index (χ4v) is 3.48. The second kappa shape index (κ2) is 7.99. The van der Waals surface area contributed by atoms with Crippen LogP contribution in [0.15, 0.2) is 72.4 Å². The van der Waals surface area contributed by atoms with Crippen molar-refractivity contribution in [3.63, 3.8) is 0 Å². The Hall–Kier alpha value is -2.22. The monoisotopic (exact) mass is 451 g/mol. The van der Waals surface area contributed by atoms with Gasteiger partial charge in [-0.1, -0.05) is 23.4 Å². The van der Waals surface area contributed by atoms with Gasteiger partial charge in [0, 0.05) is 16.0 Å². The molecule has 3 rings (SSSR count). The fourth-order valence-electron chi connectivity index (χ4n) is 2.03. The van der Waals surface area contributed by atoms with Crippen LogP contribution in [0.5, 0.6) is 5.75 Å². The van der Waals surface area contributed by atoms with Crippen molar-refractivity contribution in [2.75, 3.05) is 0 Å². The Morgan fingerprint density at radius 1 is 1.19 bits per heavy atom. The van der Waals surface area contributed by atoms with Crippen molar-refractivity contribution in [1.29, 1.82) is 0 Å². The number of phenols is 1. The molecule has 1 heterocycles. The van der Waals surface area contributed by atoms with Crippen LogP contribution in [0.1, 0.15) is 16.1 Å². The Morgan fingerprint density at radius 2 is 1.92 bits per heavy atom. The maximum atomic E-state index is 11.0. The van der Waals surface area contributed by atoms with Gasteiger partial charge in [-0.2, -0.15) is 0 Å². The van der Waals surface area contributed by atoms with Crippen LogP contribution in [0, 0.1) is 0 Å². The Bertz CT molecular complexity index is 985. The van der Waals surface area contributed by atoms with Crippen molar-refractivity contribution in [2.24, 2.45) is 4.99 Å². The molecule has 26 heavy (non-hydrogen) atoms. The van der Waals surface area contributed by atoms with E-state index in [-0.39, 0.29) is 11.3 Å². The number of carbonyl (C=O) groups is 1. The van der Waals surface area contributed by atoms with Crippen LogP contribution in [0.2, 0.25) is 5.02 Å². The van der Waals surface area contributed by atoms with Crippen molar-refractivity contribution in [2.45, 2.75) is 9.99 Å². The second-order valence-electron chi connectivity index (χ2n) is 5.10. The first-order valence-electron chi connectivity index (χ1n) is 7.25. The topological polar surface area (TPSA) is 83.0 Å². The smallest absolute Gasteiger partial charge is 0.339 e. The van der Waals surface area contributed by atoms with Gasteiger partial charge in [-0.25, -0.2) is 4.79 Å². The molecule has 0 aliphatic carbocycles. The van der Waals surface area contributed by atoms with E-state index >= 15 is 0 Å². The SMILES string of the molecule is O=C(O)c1cc(N=Cc2cc(Br)c(Sc3ccc(Cl)cc3)o2)ccc1O. The second-order valence-corrected chi connectivity index (χ2v) is 7.44. The van der Waals surface area contributed by atoms with E-state index in [9.17, 15) is 9.90 Å². The molecule has 5 nitrogen and oxygen atoms in total. The van der Waals surface area contributed by atoms with Crippen molar-refractivity contribution >= 4 is 57.2 Å². The molecule has 132 valence electrons. The van der Waals surface area contributed by atoms with Crippen LogP contribution >= 0.6 is 39.3 Å². The van der Waals surface area contributed by atoms with Crippen molar-refractivity contribution < 1.29 is 19.4 Å². The van der Waals surface area contributed by atoms with Gasteiger partial charge in [0.2, 0.25) is 0 Å². The molecule has 0 atom stereocenters. The zero-order valence-corrected chi connectivity index (χ0v) is 16.2. The highest BCUT2D eigenvalue weighted by Crippen LogP contribution is 2.36. The number of halogens is 2. The molecule has 0 aliphatic rings. The van der Waals surface area contributed by atoms with Crippen molar-refractivity contribution in [3.05, 3.63) is 69.3 Å². The molecule has 0 fully saturated rings. The average Bonchev–Trinajstić information content (AvgIpc) is 2.95. The number of aromatic hydroxyl groups is 1. The number of hydrogen-bond donors (Lipinski definition) is 2. The predicted octanol–water partition coefficient (Wildman–Crippen LogP) is 6.00. The first-order valence-corrected chi connectivity index (χ1v) is 9.24. The molecular weight excluding hydrogens is 442 g/mol.